The largest absolute Gasteiger partial charge is 0.456 e. The first-order valence-electron chi connectivity index (χ1n) is 9.26. The number of amides is 1. The van der Waals surface area contributed by atoms with E-state index in [0.717, 1.165) is 18.5 Å². The lowest BCUT2D eigenvalue weighted by atomic mass is 10.1. The third-order valence-electron chi connectivity index (χ3n) is 4.44. The van der Waals surface area contributed by atoms with Gasteiger partial charge in [0.15, 0.2) is 35.2 Å². The van der Waals surface area contributed by atoms with Gasteiger partial charge >= 0.3 is 6.18 Å². The van der Waals surface area contributed by atoms with Crippen LogP contribution in [0.15, 0.2) is 63.9 Å². The van der Waals surface area contributed by atoms with E-state index in [-0.39, 0.29) is 40.9 Å². The normalized spacial score (nSPS) is 11.5. The lowest BCUT2D eigenvalue weighted by Crippen LogP contribution is -2.14. The van der Waals surface area contributed by atoms with Crippen LogP contribution in [0.25, 0.3) is 11.3 Å². The van der Waals surface area contributed by atoms with Crippen LogP contribution in [0.1, 0.15) is 39.3 Å². The number of nitrogens with one attached hydrogen (secondary N) is 1. The second-order valence-corrected chi connectivity index (χ2v) is 6.78. The van der Waals surface area contributed by atoms with Crippen molar-refractivity contribution in [2.75, 3.05) is 5.32 Å². The Bertz CT molecular complexity index is 1290. The number of carbonyl (C=O) groups excluding carboxylic acids is 2. The number of furan rings is 1. The van der Waals surface area contributed by atoms with Crippen molar-refractivity contribution in [3.63, 3.8) is 0 Å². The van der Waals surface area contributed by atoms with E-state index < -0.39 is 17.6 Å². The highest BCUT2D eigenvalue weighted by molar-refractivity contribution is 6.05. The van der Waals surface area contributed by atoms with Gasteiger partial charge in [0.2, 0.25) is 0 Å². The molecule has 1 N–H and O–H groups in total. The van der Waals surface area contributed by atoms with E-state index in [2.05, 4.69) is 15.4 Å². The van der Waals surface area contributed by atoms with Crippen LogP contribution in [0.5, 0.6) is 0 Å². The van der Waals surface area contributed by atoms with Crippen molar-refractivity contribution in [2.24, 2.45) is 0 Å². The molecule has 1 amide bonds. The topological polar surface area (TPSA) is 103 Å². The number of benzene rings is 1. The Morgan fingerprint density at radius 2 is 1.97 bits per heavy atom. The van der Waals surface area contributed by atoms with E-state index in [0.29, 0.717) is 5.76 Å². The lowest BCUT2D eigenvalue weighted by Gasteiger charge is -2.08. The highest BCUT2D eigenvalue weighted by Gasteiger charge is 2.31. The van der Waals surface area contributed by atoms with Crippen LogP contribution in [0.3, 0.4) is 0 Å². The maximum atomic E-state index is 13.0. The van der Waals surface area contributed by atoms with Crippen LogP contribution in [0, 0.1) is 0 Å². The van der Waals surface area contributed by atoms with Crippen molar-refractivity contribution < 1.29 is 31.6 Å². The smallest absolute Gasteiger partial charge is 0.416 e. The molecule has 0 aliphatic heterocycles. The first kappa shape index (κ1) is 21.1. The molecule has 0 saturated carbocycles. The van der Waals surface area contributed by atoms with Gasteiger partial charge < -0.3 is 14.2 Å². The van der Waals surface area contributed by atoms with Crippen LogP contribution in [0.4, 0.5) is 19.0 Å². The monoisotopic (exact) mass is 444 g/mol. The molecular weight excluding hydrogens is 429 g/mol. The second kappa shape index (κ2) is 8.17. The van der Waals surface area contributed by atoms with Crippen LogP contribution in [-0.4, -0.2) is 26.5 Å². The molecule has 32 heavy (non-hydrogen) atoms. The number of aromatic nitrogens is 3. The van der Waals surface area contributed by atoms with Gasteiger partial charge in [-0.1, -0.05) is 12.1 Å². The summed E-state index contributed by atoms with van der Waals surface area (Å²) in [6.07, 6.45) is -1.97. The predicted octanol–water partition coefficient (Wildman–Crippen LogP) is 4.65. The van der Waals surface area contributed by atoms with Crippen LogP contribution in [-0.2, 0) is 12.7 Å². The van der Waals surface area contributed by atoms with Gasteiger partial charge in [0.1, 0.15) is 5.76 Å². The van der Waals surface area contributed by atoms with Crippen molar-refractivity contribution in [1.82, 2.24) is 14.8 Å². The Balaban J connectivity index is 1.49. The summed E-state index contributed by atoms with van der Waals surface area (Å²) >= 11 is 0. The van der Waals surface area contributed by atoms with Crippen molar-refractivity contribution in [1.29, 1.82) is 0 Å². The average molecular weight is 444 g/mol. The van der Waals surface area contributed by atoms with Crippen LogP contribution in [0.2, 0.25) is 0 Å². The zero-order valence-electron chi connectivity index (χ0n) is 16.5. The highest BCUT2D eigenvalue weighted by atomic mass is 19.4. The van der Waals surface area contributed by atoms with Crippen molar-refractivity contribution in [3.8, 4) is 11.3 Å². The van der Waals surface area contributed by atoms with Gasteiger partial charge in [-0.2, -0.15) is 18.3 Å². The number of rotatable bonds is 6. The zero-order valence-corrected chi connectivity index (χ0v) is 16.5. The Kier molecular flexibility index (Phi) is 5.39. The third-order valence-corrected chi connectivity index (χ3v) is 4.44. The van der Waals surface area contributed by atoms with E-state index in [1.54, 1.807) is 18.3 Å². The number of Topliss-reactive ketones (excluding diaryl/α,β-unsaturated/α-hetero) is 1. The fourth-order valence-electron chi connectivity index (χ4n) is 2.95. The van der Waals surface area contributed by atoms with E-state index in [4.69, 9.17) is 8.83 Å². The Labute approximate surface area is 178 Å². The third kappa shape index (κ3) is 4.46. The van der Waals surface area contributed by atoms with Gasteiger partial charge in [0.25, 0.3) is 5.91 Å². The molecule has 8 nitrogen and oxygen atoms in total. The average Bonchev–Trinajstić information content (AvgIpc) is 3.48. The summed E-state index contributed by atoms with van der Waals surface area (Å²) in [5.41, 5.74) is -0.995. The number of hydrogen-bond donors (Lipinski definition) is 1. The Hall–Kier alpha value is -4.15. The number of halogens is 3. The van der Waals surface area contributed by atoms with E-state index in [9.17, 15) is 22.8 Å². The molecule has 0 aliphatic carbocycles. The molecule has 11 heteroatoms. The fourth-order valence-corrected chi connectivity index (χ4v) is 2.95. The maximum absolute atomic E-state index is 13.0. The minimum Gasteiger partial charge on any atom is -0.456 e. The molecule has 3 heterocycles. The predicted molar refractivity (Wildman–Crippen MR) is 105 cm³/mol. The van der Waals surface area contributed by atoms with Crippen molar-refractivity contribution in [2.45, 2.75) is 19.6 Å². The maximum Gasteiger partial charge on any atom is 0.416 e. The Morgan fingerprint density at radius 1 is 1.16 bits per heavy atom. The zero-order chi connectivity index (χ0) is 22.9. The second-order valence-electron chi connectivity index (χ2n) is 6.78. The quantitative estimate of drug-likeness (QED) is 0.434. The number of carbonyl (C=O) groups is 2. The van der Waals surface area contributed by atoms with Gasteiger partial charge in [-0.3, -0.25) is 14.3 Å². The molecule has 164 valence electrons. The van der Waals surface area contributed by atoms with Crippen LogP contribution >= 0.6 is 0 Å². The van der Waals surface area contributed by atoms with Gasteiger partial charge in [-0.15, -0.1) is 0 Å². The molecule has 1 aromatic carbocycles. The first-order valence-corrected chi connectivity index (χ1v) is 9.26. The number of anilines is 1. The summed E-state index contributed by atoms with van der Waals surface area (Å²) in [6, 6.07) is 9.14. The summed E-state index contributed by atoms with van der Waals surface area (Å²) in [4.78, 5) is 27.8. The number of alkyl halides is 3. The van der Waals surface area contributed by atoms with Gasteiger partial charge in [-0.25, -0.2) is 4.98 Å². The molecule has 0 spiro atoms. The summed E-state index contributed by atoms with van der Waals surface area (Å²) in [5, 5.41) is 6.72. The molecule has 0 bridgehead atoms. The van der Waals surface area contributed by atoms with E-state index in [1.807, 2.05) is 0 Å². The SMILES string of the molecule is CC(=O)c1ccc(Cn2ccc(NC(=O)c3ncoc3-c3cccc(C(F)(F)F)c3)n2)o1. The molecule has 3 aromatic heterocycles. The molecular formula is C21H15F3N4O4. The molecule has 0 radical (unpaired) electrons. The van der Waals surface area contributed by atoms with Crippen molar-refractivity contribution >= 4 is 17.5 Å². The molecule has 0 atom stereocenters. The molecule has 4 rings (SSSR count). The van der Waals surface area contributed by atoms with E-state index in [1.165, 1.54) is 29.8 Å². The van der Waals surface area contributed by atoms with Gasteiger partial charge in [0, 0.05) is 24.8 Å². The summed E-state index contributed by atoms with van der Waals surface area (Å²) < 4.78 is 51.0. The standard InChI is InChI=1S/C21H15F3N4O4/c1-12(29)16-6-5-15(32-16)10-28-8-7-17(27-28)26-20(30)18-19(31-11-25-18)13-3-2-4-14(9-13)21(22,23)24/h2-9,11H,10H2,1H3,(H,26,27,30). The van der Waals surface area contributed by atoms with Crippen LogP contribution < -0.4 is 5.32 Å². The molecule has 0 unspecified atom stereocenters. The minimum atomic E-state index is -4.54. The molecule has 0 saturated heterocycles. The lowest BCUT2D eigenvalue weighted by molar-refractivity contribution is -0.137. The summed E-state index contributed by atoms with van der Waals surface area (Å²) in [5.74, 6) is -0.0813. The minimum absolute atomic E-state index is 0.0621. The Morgan fingerprint density at radius 3 is 2.69 bits per heavy atom. The number of oxazole rings is 1. The van der Waals surface area contributed by atoms with Gasteiger partial charge in [-0.05, 0) is 24.3 Å². The molecule has 4 aromatic rings. The summed E-state index contributed by atoms with van der Waals surface area (Å²) in [6.45, 7) is 1.62. The number of hydrogen-bond acceptors (Lipinski definition) is 6. The number of ketones is 1. The van der Waals surface area contributed by atoms with E-state index >= 15 is 0 Å². The summed E-state index contributed by atoms with van der Waals surface area (Å²) in [7, 11) is 0. The first-order chi connectivity index (χ1) is 15.2. The number of nitrogens with zero attached hydrogens (tertiary/aromatic N) is 3. The molecule has 0 fully saturated rings. The highest BCUT2D eigenvalue weighted by Crippen LogP contribution is 2.33. The van der Waals surface area contributed by atoms with Crippen molar-refractivity contribution in [3.05, 3.63) is 77.8 Å². The van der Waals surface area contributed by atoms with Gasteiger partial charge in [0.05, 0.1) is 12.1 Å². The fraction of sp³-hybridized carbons (Fsp3) is 0.143. The molecule has 0 aliphatic rings.